The molecule has 0 bridgehead atoms. The van der Waals surface area contributed by atoms with Gasteiger partial charge in [-0.2, -0.15) is 0 Å². The molecule has 1 amide bonds. The molecule has 1 unspecified atom stereocenters. The maximum atomic E-state index is 13.9. The number of hydrogen-bond donors (Lipinski definition) is 1. The number of H-pyrrole nitrogens is 1. The second-order valence-electron chi connectivity index (χ2n) is 8.59. The molecule has 0 spiro atoms. The zero-order valence-electron chi connectivity index (χ0n) is 20.7. The van der Waals surface area contributed by atoms with Crippen molar-refractivity contribution in [3.8, 4) is 5.75 Å². The highest BCUT2D eigenvalue weighted by molar-refractivity contribution is 7.07. The Morgan fingerprint density at radius 1 is 1.17 bits per heavy atom. The Morgan fingerprint density at radius 3 is 2.64 bits per heavy atom. The summed E-state index contributed by atoms with van der Waals surface area (Å²) in [5.41, 5.74) is 3.62. The Balaban J connectivity index is 1.77. The molecule has 1 atom stereocenters. The van der Waals surface area contributed by atoms with Crippen LogP contribution < -0.4 is 19.6 Å². The topological polar surface area (TPSA) is 79.7 Å². The van der Waals surface area contributed by atoms with Crippen LogP contribution in [0.15, 0.2) is 75.8 Å². The van der Waals surface area contributed by atoms with Gasteiger partial charge in [0.1, 0.15) is 11.8 Å². The quantitative estimate of drug-likeness (QED) is 0.439. The van der Waals surface area contributed by atoms with Crippen molar-refractivity contribution in [3.63, 3.8) is 0 Å². The van der Waals surface area contributed by atoms with Gasteiger partial charge < -0.3 is 14.6 Å². The van der Waals surface area contributed by atoms with E-state index in [9.17, 15) is 9.59 Å². The summed E-state index contributed by atoms with van der Waals surface area (Å²) in [5, 5.41) is 1.04. The van der Waals surface area contributed by atoms with E-state index in [1.54, 1.807) is 16.6 Å². The van der Waals surface area contributed by atoms with Gasteiger partial charge in [0.15, 0.2) is 4.80 Å². The zero-order valence-corrected chi connectivity index (χ0v) is 21.6. The fourth-order valence-electron chi connectivity index (χ4n) is 4.82. The largest absolute Gasteiger partial charge is 0.496 e. The monoisotopic (exact) mass is 500 g/mol. The van der Waals surface area contributed by atoms with Crippen molar-refractivity contribution >= 4 is 34.2 Å². The van der Waals surface area contributed by atoms with E-state index >= 15 is 0 Å². The molecule has 184 valence electrons. The van der Waals surface area contributed by atoms with Crippen LogP contribution in [0.4, 0.5) is 0 Å². The number of benzene rings is 2. The molecule has 4 aromatic rings. The summed E-state index contributed by atoms with van der Waals surface area (Å²) >= 11 is 1.33. The van der Waals surface area contributed by atoms with Gasteiger partial charge in [0.25, 0.3) is 11.5 Å². The molecule has 1 aliphatic heterocycles. The van der Waals surface area contributed by atoms with Gasteiger partial charge in [0, 0.05) is 41.3 Å². The van der Waals surface area contributed by atoms with Gasteiger partial charge in [-0.05, 0) is 39.0 Å². The molecule has 2 aromatic heterocycles. The number of fused-ring (bicyclic) bond motifs is 2. The van der Waals surface area contributed by atoms with E-state index in [1.807, 2.05) is 81.6 Å². The van der Waals surface area contributed by atoms with Crippen LogP contribution in [0.5, 0.6) is 5.75 Å². The van der Waals surface area contributed by atoms with Gasteiger partial charge in [0.05, 0.1) is 22.9 Å². The first kappa shape index (κ1) is 23.8. The van der Waals surface area contributed by atoms with Crippen molar-refractivity contribution in [3.05, 3.63) is 96.8 Å². The Labute approximate surface area is 212 Å². The van der Waals surface area contributed by atoms with E-state index < -0.39 is 6.04 Å². The number of rotatable bonds is 6. The van der Waals surface area contributed by atoms with Crippen LogP contribution >= 0.6 is 11.3 Å². The van der Waals surface area contributed by atoms with Gasteiger partial charge in [-0.25, -0.2) is 4.99 Å². The molecule has 2 aromatic carbocycles. The predicted molar refractivity (Wildman–Crippen MR) is 143 cm³/mol. The number of para-hydroxylation sites is 2. The van der Waals surface area contributed by atoms with Crippen LogP contribution in [-0.2, 0) is 4.79 Å². The molecule has 0 fully saturated rings. The fourth-order valence-corrected chi connectivity index (χ4v) is 5.85. The van der Waals surface area contributed by atoms with E-state index in [0.29, 0.717) is 39.4 Å². The van der Waals surface area contributed by atoms with Crippen LogP contribution in [0.25, 0.3) is 17.0 Å². The van der Waals surface area contributed by atoms with Gasteiger partial charge in [-0.3, -0.25) is 14.2 Å². The lowest BCUT2D eigenvalue weighted by atomic mass is 9.94. The van der Waals surface area contributed by atoms with Gasteiger partial charge in [-0.1, -0.05) is 47.7 Å². The van der Waals surface area contributed by atoms with Crippen molar-refractivity contribution < 1.29 is 9.53 Å². The Bertz CT molecular complexity index is 1670. The minimum absolute atomic E-state index is 0.122. The number of nitrogens with one attached hydrogen (secondary N) is 1. The number of carbonyl (C=O) groups excluding carboxylic acids is 1. The first-order valence-corrected chi connectivity index (χ1v) is 12.8. The third kappa shape index (κ3) is 3.87. The van der Waals surface area contributed by atoms with Crippen LogP contribution in [0, 0.1) is 0 Å². The van der Waals surface area contributed by atoms with Crippen molar-refractivity contribution in [1.29, 1.82) is 0 Å². The van der Waals surface area contributed by atoms with Crippen LogP contribution in [-0.4, -0.2) is 40.6 Å². The third-order valence-electron chi connectivity index (χ3n) is 6.64. The molecular weight excluding hydrogens is 472 g/mol. The summed E-state index contributed by atoms with van der Waals surface area (Å²) in [5.74, 6) is 0.497. The number of methoxy groups -OCH3 is 1. The molecule has 36 heavy (non-hydrogen) atoms. The molecule has 0 radical (unpaired) electrons. The molecular formula is C28H28N4O3S. The molecule has 3 heterocycles. The standard InChI is InChI=1S/C28H28N4O3S/c1-5-31(6-2)27(34)24-17(3)30-28-32(25(24)20-12-8-10-14-22(20)35-4)26(33)23(36-28)15-18-16-29-21-13-9-7-11-19(18)21/h7-16,25,29H,5-6H2,1-4H3/b23-15-. The first-order valence-electron chi connectivity index (χ1n) is 12.0. The lowest BCUT2D eigenvalue weighted by Gasteiger charge is -2.29. The molecule has 0 saturated heterocycles. The summed E-state index contributed by atoms with van der Waals surface area (Å²) < 4.78 is 7.87. The number of ether oxygens (including phenoxy) is 1. The van der Waals surface area contributed by atoms with E-state index in [2.05, 4.69) is 4.98 Å². The number of allylic oxidation sites excluding steroid dienone is 1. The molecule has 5 rings (SSSR count). The summed E-state index contributed by atoms with van der Waals surface area (Å²) in [4.78, 5) is 38.0. The van der Waals surface area contributed by atoms with E-state index in [4.69, 9.17) is 9.73 Å². The molecule has 1 aliphatic rings. The normalized spacial score (nSPS) is 15.7. The average molecular weight is 501 g/mol. The fraction of sp³-hybridized carbons (Fsp3) is 0.250. The number of carbonyl (C=O) groups is 1. The maximum Gasteiger partial charge on any atom is 0.271 e. The summed E-state index contributed by atoms with van der Waals surface area (Å²) in [6, 6.07) is 14.9. The number of aromatic amines is 1. The van der Waals surface area contributed by atoms with Crippen LogP contribution in [0.1, 0.15) is 37.9 Å². The van der Waals surface area contributed by atoms with E-state index in [-0.39, 0.29) is 11.5 Å². The van der Waals surface area contributed by atoms with Crippen molar-refractivity contribution in [2.24, 2.45) is 4.99 Å². The predicted octanol–water partition coefficient (Wildman–Crippen LogP) is 3.59. The second-order valence-corrected chi connectivity index (χ2v) is 9.60. The summed E-state index contributed by atoms with van der Waals surface area (Å²) in [6.07, 6.45) is 3.80. The maximum absolute atomic E-state index is 13.9. The SMILES string of the molecule is CCN(CC)C(=O)C1=C(C)N=c2s/c(=C\c3c[nH]c4ccccc34)c(=O)n2C1c1ccccc1OC. The van der Waals surface area contributed by atoms with Crippen LogP contribution in [0.3, 0.4) is 0 Å². The lowest BCUT2D eigenvalue weighted by Crippen LogP contribution is -2.43. The second kappa shape index (κ2) is 9.62. The highest BCUT2D eigenvalue weighted by atomic mass is 32.1. The Morgan fingerprint density at radius 2 is 1.89 bits per heavy atom. The van der Waals surface area contributed by atoms with E-state index in [0.717, 1.165) is 22.0 Å². The minimum atomic E-state index is -0.643. The number of hydrogen-bond acceptors (Lipinski definition) is 5. The minimum Gasteiger partial charge on any atom is -0.496 e. The van der Waals surface area contributed by atoms with Gasteiger partial charge in [0.2, 0.25) is 0 Å². The van der Waals surface area contributed by atoms with Crippen molar-refractivity contribution in [2.75, 3.05) is 20.2 Å². The third-order valence-corrected chi connectivity index (χ3v) is 7.63. The van der Waals surface area contributed by atoms with E-state index in [1.165, 1.54) is 11.3 Å². The Hall–Kier alpha value is -3.91. The molecule has 0 saturated carbocycles. The smallest absolute Gasteiger partial charge is 0.271 e. The number of nitrogens with zero attached hydrogens (tertiary/aromatic N) is 3. The highest BCUT2D eigenvalue weighted by Crippen LogP contribution is 2.36. The molecule has 1 N–H and O–H groups in total. The number of amides is 1. The lowest BCUT2D eigenvalue weighted by molar-refractivity contribution is -0.127. The van der Waals surface area contributed by atoms with Crippen molar-refractivity contribution in [2.45, 2.75) is 26.8 Å². The van der Waals surface area contributed by atoms with Gasteiger partial charge >= 0.3 is 0 Å². The highest BCUT2D eigenvalue weighted by Gasteiger charge is 2.35. The summed E-state index contributed by atoms with van der Waals surface area (Å²) in [7, 11) is 1.60. The Kier molecular flexibility index (Phi) is 6.36. The average Bonchev–Trinajstić information content (AvgIpc) is 3.44. The zero-order chi connectivity index (χ0) is 25.4. The van der Waals surface area contributed by atoms with Gasteiger partial charge in [-0.15, -0.1) is 0 Å². The van der Waals surface area contributed by atoms with Crippen molar-refractivity contribution in [1.82, 2.24) is 14.5 Å². The molecule has 8 heteroatoms. The number of thiazole rings is 1. The summed E-state index contributed by atoms with van der Waals surface area (Å²) in [6.45, 7) is 6.87. The molecule has 0 aliphatic carbocycles. The van der Waals surface area contributed by atoms with Crippen LogP contribution in [0.2, 0.25) is 0 Å². The molecule has 7 nitrogen and oxygen atoms in total. The number of likely N-dealkylation sites (N-methyl/N-ethyl adjacent to an activating group) is 1. The first-order chi connectivity index (χ1) is 17.5. The number of aromatic nitrogens is 2.